The number of aromatic nitrogens is 1. The van der Waals surface area contributed by atoms with Crippen molar-refractivity contribution in [2.45, 2.75) is 83.3 Å². The van der Waals surface area contributed by atoms with Crippen molar-refractivity contribution in [3.05, 3.63) is 30.1 Å². The minimum atomic E-state index is -1.07. The van der Waals surface area contributed by atoms with E-state index in [-0.39, 0.29) is 24.2 Å². The summed E-state index contributed by atoms with van der Waals surface area (Å²) >= 11 is 0. The van der Waals surface area contributed by atoms with E-state index in [1.54, 1.807) is 29.4 Å². The van der Waals surface area contributed by atoms with Crippen LogP contribution in [0.1, 0.15) is 82.8 Å². The smallest absolute Gasteiger partial charge is 0.248 e. The predicted molar refractivity (Wildman–Crippen MR) is 117 cm³/mol. The van der Waals surface area contributed by atoms with E-state index in [0.717, 1.165) is 32.1 Å². The van der Waals surface area contributed by atoms with Gasteiger partial charge in [0, 0.05) is 31.9 Å². The molecule has 1 fully saturated rings. The monoisotopic (exact) mass is 425 g/mol. The second-order valence-corrected chi connectivity index (χ2v) is 7.67. The first-order chi connectivity index (χ1) is 13.6. The fraction of sp³-hybridized carbons (Fsp3) is 0.682. The van der Waals surface area contributed by atoms with E-state index in [2.05, 4.69) is 17.2 Å². The summed E-state index contributed by atoms with van der Waals surface area (Å²) in [6, 6.07) is 2.41. The minimum Gasteiger partial charge on any atom is -0.386 e. The molecule has 164 valence electrons. The maximum absolute atomic E-state index is 12.9. The molecule has 29 heavy (non-hydrogen) atoms. The molecule has 2 rings (SSSR count). The Morgan fingerprint density at radius 3 is 2.28 bits per heavy atom. The number of likely N-dealkylation sites (tertiary alicyclic amines) is 1. The van der Waals surface area contributed by atoms with Crippen LogP contribution in [0.5, 0.6) is 0 Å². The van der Waals surface area contributed by atoms with Crippen LogP contribution in [0.15, 0.2) is 24.5 Å². The number of nitrogens with one attached hydrogen (secondary N) is 1. The van der Waals surface area contributed by atoms with E-state index in [4.69, 9.17) is 0 Å². The number of rotatable bonds is 12. The zero-order valence-electron chi connectivity index (χ0n) is 17.5. The van der Waals surface area contributed by atoms with Gasteiger partial charge in [0.05, 0.1) is 0 Å². The van der Waals surface area contributed by atoms with Crippen LogP contribution in [-0.4, -0.2) is 45.9 Å². The van der Waals surface area contributed by atoms with Crippen molar-refractivity contribution in [1.29, 1.82) is 0 Å². The Morgan fingerprint density at radius 2 is 1.66 bits per heavy atom. The van der Waals surface area contributed by atoms with Crippen LogP contribution in [0.4, 0.5) is 0 Å². The van der Waals surface area contributed by atoms with Crippen molar-refractivity contribution in [2.75, 3.05) is 13.1 Å². The highest BCUT2D eigenvalue weighted by molar-refractivity contribution is 5.88. The molecular weight excluding hydrogens is 390 g/mol. The zero-order chi connectivity index (χ0) is 20.2. The first kappa shape index (κ1) is 25.4. The number of pyridine rings is 1. The van der Waals surface area contributed by atoms with Crippen molar-refractivity contribution < 1.29 is 14.7 Å². The maximum Gasteiger partial charge on any atom is 0.248 e. The highest BCUT2D eigenvalue weighted by Crippen LogP contribution is 2.20. The molecule has 2 amide bonds. The Kier molecular flexibility index (Phi) is 12.6. The molecule has 2 N–H and O–H groups in total. The molecule has 2 heterocycles. The number of amides is 2. The Hall–Kier alpha value is -1.66. The summed E-state index contributed by atoms with van der Waals surface area (Å²) in [5.74, 6) is -0.367. The van der Waals surface area contributed by atoms with E-state index >= 15 is 0 Å². The number of carbonyl (C=O) groups is 2. The Bertz CT molecular complexity index is 594. The third-order valence-electron chi connectivity index (χ3n) is 5.37. The fourth-order valence-corrected chi connectivity index (χ4v) is 3.65. The van der Waals surface area contributed by atoms with Gasteiger partial charge in [0.25, 0.3) is 0 Å². The standard InChI is InChI=1S/C22H35N3O3.ClH/c1-2-3-4-5-6-7-8-11-19(26)24-20(22(28)25-16-9-10-17-25)21(27)18-12-14-23-15-13-18;/h12-15,20-21,27H,2-11,16-17H2,1H3,(H,24,26);1H/t20-,21+;/m1./s1. The van der Waals surface area contributed by atoms with E-state index in [1.807, 2.05) is 0 Å². The lowest BCUT2D eigenvalue weighted by atomic mass is 10.0. The van der Waals surface area contributed by atoms with Crippen molar-refractivity contribution in [3.63, 3.8) is 0 Å². The first-order valence-electron chi connectivity index (χ1n) is 10.8. The van der Waals surface area contributed by atoms with E-state index in [1.165, 1.54) is 25.7 Å². The molecule has 0 bridgehead atoms. The summed E-state index contributed by atoms with van der Waals surface area (Å²) < 4.78 is 0. The number of aliphatic hydroxyl groups excluding tert-OH is 1. The molecule has 0 aliphatic carbocycles. The first-order valence-corrected chi connectivity index (χ1v) is 10.8. The Morgan fingerprint density at radius 1 is 1.07 bits per heavy atom. The molecule has 1 aliphatic rings. The van der Waals surface area contributed by atoms with Crippen LogP contribution in [0, 0.1) is 0 Å². The van der Waals surface area contributed by atoms with E-state index in [9.17, 15) is 14.7 Å². The van der Waals surface area contributed by atoms with Crippen molar-refractivity contribution >= 4 is 24.2 Å². The quantitative estimate of drug-likeness (QED) is 0.499. The van der Waals surface area contributed by atoms with Crippen LogP contribution >= 0.6 is 12.4 Å². The fourth-order valence-electron chi connectivity index (χ4n) is 3.65. The van der Waals surface area contributed by atoms with Crippen LogP contribution in [0.2, 0.25) is 0 Å². The van der Waals surface area contributed by atoms with Gasteiger partial charge in [-0.25, -0.2) is 0 Å². The molecule has 0 aromatic carbocycles. The number of unbranched alkanes of at least 4 members (excludes halogenated alkanes) is 6. The molecular formula is C22H36ClN3O3. The third-order valence-corrected chi connectivity index (χ3v) is 5.37. The van der Waals surface area contributed by atoms with Gasteiger partial charge in [0.1, 0.15) is 12.1 Å². The van der Waals surface area contributed by atoms with Gasteiger partial charge in [-0.15, -0.1) is 12.4 Å². The topological polar surface area (TPSA) is 82.5 Å². The lowest BCUT2D eigenvalue weighted by Gasteiger charge is -2.28. The number of aliphatic hydroxyl groups is 1. The summed E-state index contributed by atoms with van der Waals surface area (Å²) in [4.78, 5) is 31.0. The second kappa shape index (κ2) is 14.3. The normalized spacial score (nSPS) is 15.4. The number of halogens is 1. The molecule has 7 heteroatoms. The average Bonchev–Trinajstić information content (AvgIpc) is 3.26. The van der Waals surface area contributed by atoms with Gasteiger partial charge in [-0.05, 0) is 37.0 Å². The highest BCUT2D eigenvalue weighted by atomic mass is 35.5. The van der Waals surface area contributed by atoms with Crippen molar-refractivity contribution in [3.8, 4) is 0 Å². The largest absolute Gasteiger partial charge is 0.386 e. The van der Waals surface area contributed by atoms with Gasteiger partial charge in [-0.2, -0.15) is 0 Å². The lowest BCUT2D eigenvalue weighted by Crippen LogP contribution is -2.51. The molecule has 0 spiro atoms. The molecule has 1 aromatic rings. The molecule has 1 saturated heterocycles. The van der Waals surface area contributed by atoms with Crippen LogP contribution in [0.25, 0.3) is 0 Å². The highest BCUT2D eigenvalue weighted by Gasteiger charge is 2.33. The molecule has 0 radical (unpaired) electrons. The zero-order valence-corrected chi connectivity index (χ0v) is 18.3. The molecule has 1 aromatic heterocycles. The Balaban J connectivity index is 0.00000420. The summed E-state index contributed by atoms with van der Waals surface area (Å²) in [5.41, 5.74) is 0.587. The van der Waals surface area contributed by atoms with Gasteiger partial charge in [-0.3, -0.25) is 14.6 Å². The third kappa shape index (κ3) is 8.70. The summed E-state index contributed by atoms with van der Waals surface area (Å²) in [7, 11) is 0. The summed E-state index contributed by atoms with van der Waals surface area (Å²) in [6.45, 7) is 3.57. The summed E-state index contributed by atoms with van der Waals surface area (Å²) in [6.07, 6.45) is 12.4. The van der Waals surface area contributed by atoms with Gasteiger partial charge in [0.2, 0.25) is 11.8 Å². The summed E-state index contributed by atoms with van der Waals surface area (Å²) in [5, 5.41) is 13.6. The second-order valence-electron chi connectivity index (χ2n) is 7.67. The van der Waals surface area contributed by atoms with Gasteiger partial charge in [0.15, 0.2) is 0 Å². The Labute approximate surface area is 180 Å². The van der Waals surface area contributed by atoms with Crippen LogP contribution < -0.4 is 5.32 Å². The molecule has 0 unspecified atom stereocenters. The maximum atomic E-state index is 12.9. The predicted octanol–water partition coefficient (Wildman–Crippen LogP) is 3.78. The lowest BCUT2D eigenvalue weighted by molar-refractivity contribution is -0.139. The van der Waals surface area contributed by atoms with E-state index < -0.39 is 12.1 Å². The van der Waals surface area contributed by atoms with Crippen molar-refractivity contribution in [2.24, 2.45) is 0 Å². The molecule has 0 saturated carbocycles. The van der Waals surface area contributed by atoms with Crippen LogP contribution in [-0.2, 0) is 9.59 Å². The number of hydrogen-bond acceptors (Lipinski definition) is 4. The molecule has 6 nitrogen and oxygen atoms in total. The van der Waals surface area contributed by atoms with Gasteiger partial charge >= 0.3 is 0 Å². The van der Waals surface area contributed by atoms with E-state index in [0.29, 0.717) is 25.1 Å². The van der Waals surface area contributed by atoms with Crippen LogP contribution in [0.3, 0.4) is 0 Å². The van der Waals surface area contributed by atoms with Gasteiger partial charge < -0.3 is 15.3 Å². The number of hydrogen-bond donors (Lipinski definition) is 2. The van der Waals surface area contributed by atoms with Gasteiger partial charge in [-0.1, -0.05) is 45.4 Å². The molecule has 1 aliphatic heterocycles. The average molecular weight is 426 g/mol. The SMILES string of the molecule is CCCCCCCCCC(=O)N[C@@H](C(=O)N1CCCC1)[C@@H](O)c1ccncc1.Cl. The number of carbonyl (C=O) groups excluding carboxylic acids is 2. The van der Waals surface area contributed by atoms with Crippen molar-refractivity contribution in [1.82, 2.24) is 15.2 Å². The minimum absolute atomic E-state index is 0. The molecule has 2 atom stereocenters. The number of nitrogens with zero attached hydrogens (tertiary/aromatic N) is 2.